The minimum absolute atomic E-state index is 0.145. The number of rotatable bonds is 6. The van der Waals surface area contributed by atoms with Crippen LogP contribution >= 0.6 is 43.2 Å². The number of thiophene rings is 1. The van der Waals surface area contributed by atoms with Gasteiger partial charge in [0.05, 0.1) is 19.1 Å². The van der Waals surface area contributed by atoms with E-state index in [1.165, 1.54) is 11.3 Å². The van der Waals surface area contributed by atoms with Crippen LogP contribution in [0.1, 0.15) is 30.6 Å². The summed E-state index contributed by atoms with van der Waals surface area (Å²) in [4.78, 5) is 23.0. The van der Waals surface area contributed by atoms with Gasteiger partial charge in [-0.15, -0.1) is 11.3 Å². The van der Waals surface area contributed by atoms with E-state index in [9.17, 15) is 9.59 Å². The van der Waals surface area contributed by atoms with E-state index in [4.69, 9.17) is 5.11 Å². The summed E-state index contributed by atoms with van der Waals surface area (Å²) in [5.41, 5.74) is 0.519. The van der Waals surface area contributed by atoms with Crippen LogP contribution in [0.5, 0.6) is 0 Å². The number of carbonyl (C=O) groups is 2. The Labute approximate surface area is 132 Å². The second kappa shape index (κ2) is 7.40. The second-order valence-electron chi connectivity index (χ2n) is 4.61. The van der Waals surface area contributed by atoms with Gasteiger partial charge in [-0.3, -0.25) is 9.59 Å². The average Bonchev–Trinajstić information content (AvgIpc) is 2.62. The first kappa shape index (κ1) is 16.7. The van der Waals surface area contributed by atoms with E-state index in [0.717, 1.165) is 7.57 Å². The quantitative estimate of drug-likeness (QED) is 0.747. The van der Waals surface area contributed by atoms with Crippen molar-refractivity contribution in [2.24, 2.45) is 11.8 Å². The van der Waals surface area contributed by atoms with Crippen LogP contribution in [0.2, 0.25) is 0 Å². The first-order chi connectivity index (χ1) is 8.81. The van der Waals surface area contributed by atoms with Crippen molar-refractivity contribution in [2.75, 3.05) is 6.54 Å². The highest BCUT2D eigenvalue weighted by molar-refractivity contribution is 9.12. The van der Waals surface area contributed by atoms with Crippen LogP contribution in [0.15, 0.2) is 13.6 Å². The molecule has 2 N–H and O–H groups in total. The molecule has 0 aliphatic rings. The van der Waals surface area contributed by atoms with Crippen molar-refractivity contribution in [3.05, 3.63) is 19.2 Å². The van der Waals surface area contributed by atoms with E-state index in [0.29, 0.717) is 12.0 Å². The minimum atomic E-state index is -0.875. The van der Waals surface area contributed by atoms with Gasteiger partial charge >= 0.3 is 5.97 Å². The van der Waals surface area contributed by atoms with Gasteiger partial charge in [0.15, 0.2) is 0 Å². The number of hydrogen-bond donors (Lipinski definition) is 2. The Kier molecular flexibility index (Phi) is 6.49. The smallest absolute Gasteiger partial charge is 0.308 e. The van der Waals surface area contributed by atoms with Crippen LogP contribution in [0, 0.1) is 11.8 Å². The number of hydrogen-bond acceptors (Lipinski definition) is 3. The van der Waals surface area contributed by atoms with Crippen LogP contribution < -0.4 is 5.32 Å². The lowest BCUT2D eigenvalue weighted by atomic mass is 9.97. The molecule has 1 aromatic heterocycles. The van der Waals surface area contributed by atoms with Crippen molar-refractivity contribution < 1.29 is 14.7 Å². The fourth-order valence-electron chi connectivity index (χ4n) is 1.65. The van der Waals surface area contributed by atoms with Gasteiger partial charge in [0, 0.05) is 6.54 Å². The maximum atomic E-state index is 11.9. The summed E-state index contributed by atoms with van der Waals surface area (Å²) in [5, 5.41) is 11.8. The van der Waals surface area contributed by atoms with Gasteiger partial charge in [0.1, 0.15) is 0 Å². The molecule has 1 aromatic rings. The third-order valence-corrected chi connectivity index (χ3v) is 4.85. The monoisotopic (exact) mass is 411 g/mol. The number of carboxylic acid groups (broad SMARTS) is 1. The first-order valence-electron chi connectivity index (χ1n) is 5.77. The fourth-order valence-corrected chi connectivity index (χ4v) is 4.44. The van der Waals surface area contributed by atoms with Crippen LogP contribution in [-0.2, 0) is 4.79 Å². The summed E-state index contributed by atoms with van der Waals surface area (Å²) in [7, 11) is 0. The molecular formula is C12H15Br2NO3S. The van der Waals surface area contributed by atoms with E-state index in [1.807, 2.05) is 13.8 Å². The fraction of sp³-hybridized carbons (Fsp3) is 0.500. The Bertz CT molecular complexity index is 474. The number of carboxylic acids is 1. The standard InChI is InChI=1S/C12H15Br2NO3S/c1-6(2)3-7(12(17)18)5-15-11(16)8-4-9(13)19-10(8)14/h4,6-7H,3,5H2,1-2H3,(H,15,16)(H,17,18). The minimum Gasteiger partial charge on any atom is -0.481 e. The van der Waals surface area contributed by atoms with Gasteiger partial charge < -0.3 is 10.4 Å². The molecular weight excluding hydrogens is 398 g/mol. The molecule has 0 bridgehead atoms. The molecule has 0 aliphatic carbocycles. The van der Waals surface area contributed by atoms with Gasteiger partial charge in [-0.05, 0) is 50.3 Å². The molecule has 1 atom stereocenters. The number of halogens is 2. The molecule has 7 heteroatoms. The molecule has 0 aromatic carbocycles. The average molecular weight is 413 g/mol. The van der Waals surface area contributed by atoms with Gasteiger partial charge in [0.2, 0.25) is 0 Å². The van der Waals surface area contributed by atoms with Crippen LogP contribution in [0.3, 0.4) is 0 Å². The van der Waals surface area contributed by atoms with E-state index in [1.54, 1.807) is 6.07 Å². The molecule has 1 amide bonds. The number of aliphatic carboxylic acids is 1. The molecule has 0 saturated heterocycles. The third kappa shape index (κ3) is 5.24. The predicted molar refractivity (Wildman–Crippen MR) is 82.6 cm³/mol. The molecule has 106 valence electrons. The highest BCUT2D eigenvalue weighted by Gasteiger charge is 2.21. The van der Waals surface area contributed by atoms with E-state index >= 15 is 0 Å². The molecule has 19 heavy (non-hydrogen) atoms. The summed E-state index contributed by atoms with van der Waals surface area (Å²) in [6, 6.07) is 1.71. The maximum absolute atomic E-state index is 11.9. The van der Waals surface area contributed by atoms with Gasteiger partial charge in [-0.1, -0.05) is 13.8 Å². The Morgan fingerprint density at radius 1 is 1.42 bits per heavy atom. The summed E-state index contributed by atoms with van der Waals surface area (Å²) >= 11 is 8.01. The predicted octanol–water partition coefficient (Wildman–Crippen LogP) is 3.75. The third-order valence-electron chi connectivity index (χ3n) is 2.52. The molecule has 0 aliphatic heterocycles. The molecule has 0 spiro atoms. The summed E-state index contributed by atoms with van der Waals surface area (Å²) in [6.45, 7) is 4.07. The van der Waals surface area contributed by atoms with Crippen LogP contribution in [-0.4, -0.2) is 23.5 Å². The van der Waals surface area contributed by atoms with Gasteiger partial charge in [-0.25, -0.2) is 0 Å². The topological polar surface area (TPSA) is 66.4 Å². The lowest BCUT2D eigenvalue weighted by Gasteiger charge is -2.15. The Hall–Kier alpha value is -0.400. The molecule has 0 fully saturated rings. The molecule has 1 rings (SSSR count). The Balaban J connectivity index is 2.62. The summed E-state index contributed by atoms with van der Waals surface area (Å²) < 4.78 is 1.58. The number of nitrogens with one attached hydrogen (secondary N) is 1. The van der Waals surface area contributed by atoms with Crippen molar-refractivity contribution in [2.45, 2.75) is 20.3 Å². The zero-order valence-electron chi connectivity index (χ0n) is 10.6. The highest BCUT2D eigenvalue weighted by Crippen LogP contribution is 2.31. The number of amides is 1. The molecule has 0 saturated carbocycles. The van der Waals surface area contributed by atoms with Gasteiger partial charge in [-0.2, -0.15) is 0 Å². The summed E-state index contributed by atoms with van der Waals surface area (Å²) in [6.07, 6.45) is 0.546. The normalized spacial score (nSPS) is 12.5. The van der Waals surface area contributed by atoms with Crippen molar-refractivity contribution in [3.8, 4) is 0 Å². The van der Waals surface area contributed by atoms with Crippen LogP contribution in [0.4, 0.5) is 0 Å². The zero-order valence-corrected chi connectivity index (χ0v) is 14.6. The van der Waals surface area contributed by atoms with Crippen molar-refractivity contribution in [3.63, 3.8) is 0 Å². The highest BCUT2D eigenvalue weighted by atomic mass is 79.9. The van der Waals surface area contributed by atoms with Crippen molar-refractivity contribution >= 4 is 55.1 Å². The largest absolute Gasteiger partial charge is 0.481 e. The molecule has 1 heterocycles. The lowest BCUT2D eigenvalue weighted by molar-refractivity contribution is -0.142. The van der Waals surface area contributed by atoms with E-state index < -0.39 is 11.9 Å². The number of carbonyl (C=O) groups excluding carboxylic acids is 1. The zero-order chi connectivity index (χ0) is 14.6. The SMILES string of the molecule is CC(C)CC(CNC(=O)c1cc(Br)sc1Br)C(=O)O. The Morgan fingerprint density at radius 2 is 2.05 bits per heavy atom. The van der Waals surface area contributed by atoms with E-state index in [-0.39, 0.29) is 18.4 Å². The first-order valence-corrected chi connectivity index (χ1v) is 8.17. The Morgan fingerprint density at radius 3 is 2.47 bits per heavy atom. The van der Waals surface area contributed by atoms with Crippen molar-refractivity contribution in [1.29, 1.82) is 0 Å². The van der Waals surface area contributed by atoms with Crippen molar-refractivity contribution in [1.82, 2.24) is 5.32 Å². The van der Waals surface area contributed by atoms with E-state index in [2.05, 4.69) is 37.2 Å². The second-order valence-corrected chi connectivity index (χ2v) is 8.36. The maximum Gasteiger partial charge on any atom is 0.308 e. The summed E-state index contributed by atoms with van der Waals surface area (Å²) in [5.74, 6) is -1.41. The molecule has 4 nitrogen and oxygen atoms in total. The van der Waals surface area contributed by atoms with Crippen LogP contribution in [0.25, 0.3) is 0 Å². The lowest BCUT2D eigenvalue weighted by Crippen LogP contribution is -2.33. The molecule has 1 unspecified atom stereocenters. The van der Waals surface area contributed by atoms with Gasteiger partial charge in [0.25, 0.3) is 5.91 Å². The molecule has 0 radical (unpaired) electrons.